The average molecular weight is 368 g/mol. The topological polar surface area (TPSA) is 68.8 Å². The van der Waals surface area contributed by atoms with Crippen LogP contribution in [0.5, 0.6) is 0 Å². The van der Waals surface area contributed by atoms with E-state index in [1.807, 2.05) is 13.8 Å². The van der Waals surface area contributed by atoms with Crippen molar-refractivity contribution in [3.8, 4) is 0 Å². The van der Waals surface area contributed by atoms with E-state index in [0.29, 0.717) is 24.9 Å². The molecule has 152 valence electrons. The number of carbonyl (C=O) groups excluding carboxylic acids is 1. The van der Waals surface area contributed by atoms with Gasteiger partial charge in [-0.05, 0) is 52.6 Å². The first-order valence-corrected chi connectivity index (χ1v) is 10.5. The molecule has 0 bridgehead atoms. The van der Waals surface area contributed by atoms with Crippen molar-refractivity contribution in [1.82, 2.24) is 20.9 Å². The molecule has 1 atom stereocenters. The van der Waals surface area contributed by atoms with E-state index in [2.05, 4.69) is 41.6 Å². The van der Waals surface area contributed by atoms with Crippen LogP contribution in [-0.4, -0.2) is 61.6 Å². The third-order valence-electron chi connectivity index (χ3n) is 4.75. The maximum absolute atomic E-state index is 11.8. The molecule has 6 heteroatoms. The summed E-state index contributed by atoms with van der Waals surface area (Å²) >= 11 is 0. The van der Waals surface area contributed by atoms with Gasteiger partial charge in [0.2, 0.25) is 5.91 Å². The minimum absolute atomic E-state index is 0.0768. The van der Waals surface area contributed by atoms with Gasteiger partial charge in [-0.15, -0.1) is 0 Å². The Hall–Kier alpha value is -1.30. The van der Waals surface area contributed by atoms with E-state index in [4.69, 9.17) is 4.99 Å². The fourth-order valence-corrected chi connectivity index (χ4v) is 3.39. The SMILES string of the molecule is CCNC(=NCC(C(C)C)N1CCCCCC1)NCCC(=O)NC(C)C. The smallest absolute Gasteiger partial charge is 0.221 e. The van der Waals surface area contributed by atoms with Gasteiger partial charge in [0.05, 0.1) is 6.54 Å². The van der Waals surface area contributed by atoms with Crippen LogP contribution >= 0.6 is 0 Å². The molecule has 0 aromatic rings. The molecule has 0 radical (unpaired) electrons. The second-order valence-corrected chi connectivity index (χ2v) is 7.88. The molecule has 1 rings (SSSR count). The Kier molecular flexibility index (Phi) is 11.3. The van der Waals surface area contributed by atoms with Gasteiger partial charge < -0.3 is 16.0 Å². The summed E-state index contributed by atoms with van der Waals surface area (Å²) in [7, 11) is 0. The highest BCUT2D eigenvalue weighted by atomic mass is 16.1. The number of carbonyl (C=O) groups is 1. The van der Waals surface area contributed by atoms with E-state index in [0.717, 1.165) is 19.0 Å². The van der Waals surface area contributed by atoms with E-state index in [9.17, 15) is 4.79 Å². The molecule has 6 nitrogen and oxygen atoms in total. The Morgan fingerprint density at radius 3 is 2.23 bits per heavy atom. The summed E-state index contributed by atoms with van der Waals surface area (Å²) in [6.45, 7) is 15.2. The van der Waals surface area contributed by atoms with Gasteiger partial charge in [-0.25, -0.2) is 0 Å². The Labute approximate surface area is 160 Å². The monoisotopic (exact) mass is 367 g/mol. The molecule has 1 saturated heterocycles. The number of likely N-dealkylation sites (tertiary alicyclic amines) is 1. The molecule has 1 amide bonds. The first kappa shape index (κ1) is 22.7. The lowest BCUT2D eigenvalue weighted by atomic mass is 10.0. The highest BCUT2D eigenvalue weighted by Crippen LogP contribution is 2.17. The van der Waals surface area contributed by atoms with Crippen molar-refractivity contribution in [2.75, 3.05) is 32.7 Å². The zero-order chi connectivity index (χ0) is 19.4. The first-order valence-electron chi connectivity index (χ1n) is 10.5. The summed E-state index contributed by atoms with van der Waals surface area (Å²) in [6.07, 6.45) is 5.77. The fraction of sp³-hybridized carbons (Fsp3) is 0.900. The van der Waals surface area contributed by atoms with Crippen LogP contribution in [-0.2, 0) is 4.79 Å². The van der Waals surface area contributed by atoms with Crippen molar-refractivity contribution in [2.24, 2.45) is 10.9 Å². The maximum atomic E-state index is 11.8. The van der Waals surface area contributed by atoms with Gasteiger partial charge in [0.1, 0.15) is 0 Å². The van der Waals surface area contributed by atoms with Crippen molar-refractivity contribution < 1.29 is 4.79 Å². The van der Waals surface area contributed by atoms with Crippen molar-refractivity contribution in [3.05, 3.63) is 0 Å². The quantitative estimate of drug-likeness (QED) is 0.432. The predicted octanol–water partition coefficient (Wildman–Crippen LogP) is 2.36. The zero-order valence-electron chi connectivity index (χ0n) is 17.6. The fourth-order valence-electron chi connectivity index (χ4n) is 3.39. The second kappa shape index (κ2) is 13.0. The van der Waals surface area contributed by atoms with Gasteiger partial charge in [-0.1, -0.05) is 26.7 Å². The number of rotatable bonds is 9. The summed E-state index contributed by atoms with van der Waals surface area (Å²) in [4.78, 5) is 19.2. The molecular formula is C20H41N5O. The van der Waals surface area contributed by atoms with Gasteiger partial charge >= 0.3 is 0 Å². The van der Waals surface area contributed by atoms with Gasteiger partial charge in [0.15, 0.2) is 5.96 Å². The Bertz CT molecular complexity index is 414. The van der Waals surface area contributed by atoms with E-state index >= 15 is 0 Å². The number of aliphatic imine (C=N–C) groups is 1. The van der Waals surface area contributed by atoms with Gasteiger partial charge in [-0.2, -0.15) is 0 Å². The van der Waals surface area contributed by atoms with Crippen molar-refractivity contribution >= 4 is 11.9 Å². The second-order valence-electron chi connectivity index (χ2n) is 7.88. The van der Waals surface area contributed by atoms with Crippen LogP contribution in [0, 0.1) is 5.92 Å². The van der Waals surface area contributed by atoms with E-state index < -0.39 is 0 Å². The number of amides is 1. The summed E-state index contributed by atoms with van der Waals surface area (Å²) in [5.74, 6) is 1.47. The molecule has 26 heavy (non-hydrogen) atoms. The van der Waals surface area contributed by atoms with Crippen LogP contribution in [0.15, 0.2) is 4.99 Å². The standard InChI is InChI=1S/C20H41N5O/c1-6-21-20(22-12-11-19(26)24-17(4)5)23-15-18(16(2)3)25-13-9-7-8-10-14-25/h16-18H,6-15H2,1-5H3,(H,24,26)(H2,21,22,23). The molecular weight excluding hydrogens is 326 g/mol. The maximum Gasteiger partial charge on any atom is 0.221 e. The van der Waals surface area contributed by atoms with E-state index in [1.54, 1.807) is 0 Å². The van der Waals surface area contributed by atoms with Crippen LogP contribution < -0.4 is 16.0 Å². The number of guanidine groups is 1. The number of hydrogen-bond donors (Lipinski definition) is 3. The summed E-state index contributed by atoms with van der Waals surface area (Å²) < 4.78 is 0. The normalized spacial score (nSPS) is 17.9. The number of hydrogen-bond acceptors (Lipinski definition) is 3. The van der Waals surface area contributed by atoms with Crippen molar-refractivity contribution in [1.29, 1.82) is 0 Å². The summed E-state index contributed by atoms with van der Waals surface area (Å²) in [5.41, 5.74) is 0. The van der Waals surface area contributed by atoms with E-state index in [-0.39, 0.29) is 11.9 Å². The predicted molar refractivity (Wildman–Crippen MR) is 111 cm³/mol. The molecule has 1 fully saturated rings. The molecule has 1 aliphatic heterocycles. The minimum atomic E-state index is 0.0768. The average Bonchev–Trinajstić information content (AvgIpc) is 2.83. The summed E-state index contributed by atoms with van der Waals surface area (Å²) in [6, 6.07) is 0.664. The van der Waals surface area contributed by atoms with Gasteiger partial charge in [0, 0.05) is 31.6 Å². The lowest BCUT2D eigenvalue weighted by molar-refractivity contribution is -0.121. The van der Waals surface area contributed by atoms with Crippen LogP contribution in [0.4, 0.5) is 0 Å². The minimum Gasteiger partial charge on any atom is -0.357 e. The Morgan fingerprint density at radius 1 is 1.04 bits per heavy atom. The van der Waals surface area contributed by atoms with Gasteiger partial charge in [0.25, 0.3) is 0 Å². The van der Waals surface area contributed by atoms with E-state index in [1.165, 1.54) is 38.8 Å². The highest BCUT2D eigenvalue weighted by molar-refractivity contribution is 5.81. The zero-order valence-corrected chi connectivity index (χ0v) is 17.6. The highest BCUT2D eigenvalue weighted by Gasteiger charge is 2.22. The van der Waals surface area contributed by atoms with Crippen LogP contribution in [0.3, 0.4) is 0 Å². The molecule has 3 N–H and O–H groups in total. The molecule has 0 spiro atoms. The Balaban J connectivity index is 2.56. The molecule has 1 unspecified atom stereocenters. The summed E-state index contributed by atoms with van der Waals surface area (Å²) in [5, 5.41) is 9.51. The number of nitrogens with zero attached hydrogens (tertiary/aromatic N) is 2. The third kappa shape index (κ3) is 9.41. The lowest BCUT2D eigenvalue weighted by Crippen LogP contribution is -2.44. The molecule has 0 aliphatic carbocycles. The molecule has 0 saturated carbocycles. The van der Waals surface area contributed by atoms with Crippen LogP contribution in [0.2, 0.25) is 0 Å². The molecule has 0 aromatic heterocycles. The lowest BCUT2D eigenvalue weighted by Gasteiger charge is -2.32. The van der Waals surface area contributed by atoms with Crippen LogP contribution in [0.25, 0.3) is 0 Å². The molecule has 1 heterocycles. The third-order valence-corrected chi connectivity index (χ3v) is 4.75. The largest absolute Gasteiger partial charge is 0.357 e. The molecule has 0 aromatic carbocycles. The number of nitrogens with one attached hydrogen (secondary N) is 3. The Morgan fingerprint density at radius 2 is 1.69 bits per heavy atom. The van der Waals surface area contributed by atoms with Crippen molar-refractivity contribution in [2.45, 2.75) is 78.8 Å². The van der Waals surface area contributed by atoms with Crippen molar-refractivity contribution in [3.63, 3.8) is 0 Å². The van der Waals surface area contributed by atoms with Crippen LogP contribution in [0.1, 0.15) is 66.7 Å². The first-order chi connectivity index (χ1) is 12.4. The van der Waals surface area contributed by atoms with Gasteiger partial charge in [-0.3, -0.25) is 14.7 Å². The molecule has 1 aliphatic rings.